The molecule has 0 bridgehead atoms. The molecule has 1 aromatic carbocycles. The van der Waals surface area contributed by atoms with Crippen LogP contribution in [0.5, 0.6) is 0 Å². The second-order valence-corrected chi connectivity index (χ2v) is 5.38. The van der Waals surface area contributed by atoms with Gasteiger partial charge in [0.2, 0.25) is 0 Å². The lowest BCUT2D eigenvalue weighted by molar-refractivity contribution is 0.0916. The van der Waals surface area contributed by atoms with Crippen LogP contribution in [0.15, 0.2) is 18.2 Å². The molecule has 104 valence electrons. The highest BCUT2D eigenvalue weighted by molar-refractivity contribution is 5.95. The van der Waals surface area contributed by atoms with E-state index in [1.165, 1.54) is 5.56 Å². The van der Waals surface area contributed by atoms with E-state index in [2.05, 4.69) is 10.6 Å². The second-order valence-electron chi connectivity index (χ2n) is 5.38. The summed E-state index contributed by atoms with van der Waals surface area (Å²) in [5.41, 5.74) is 3.04. The normalized spacial score (nSPS) is 14.9. The summed E-state index contributed by atoms with van der Waals surface area (Å²) in [5.74, 6) is 0.258. The predicted octanol–water partition coefficient (Wildman–Crippen LogP) is 1.79. The van der Waals surface area contributed by atoms with Gasteiger partial charge in [0.1, 0.15) is 0 Å². The van der Waals surface area contributed by atoms with E-state index in [9.17, 15) is 4.79 Å². The lowest BCUT2D eigenvalue weighted by atomic mass is 10.0. The van der Waals surface area contributed by atoms with Crippen molar-refractivity contribution in [2.45, 2.75) is 32.7 Å². The van der Waals surface area contributed by atoms with Crippen molar-refractivity contribution in [3.05, 3.63) is 29.3 Å². The Kier molecular flexibility index (Phi) is 4.43. The van der Waals surface area contributed by atoms with E-state index in [-0.39, 0.29) is 18.6 Å². The molecular weight excluding hydrogens is 240 g/mol. The van der Waals surface area contributed by atoms with Crippen LogP contribution in [0, 0.1) is 5.92 Å². The SMILES string of the molecule is CC(C)C(CCO)NC(=O)c1ccc2c(c1)CCN2. The summed E-state index contributed by atoms with van der Waals surface area (Å²) in [7, 11) is 0. The average Bonchev–Trinajstić information content (AvgIpc) is 2.85. The molecule has 0 aliphatic carbocycles. The van der Waals surface area contributed by atoms with Gasteiger partial charge >= 0.3 is 0 Å². The van der Waals surface area contributed by atoms with Gasteiger partial charge in [0.05, 0.1) is 0 Å². The van der Waals surface area contributed by atoms with Gasteiger partial charge in [-0.05, 0) is 42.5 Å². The number of carbonyl (C=O) groups excluding carboxylic acids is 1. The summed E-state index contributed by atoms with van der Waals surface area (Å²) >= 11 is 0. The van der Waals surface area contributed by atoms with Crippen LogP contribution in [0.4, 0.5) is 5.69 Å². The third-order valence-electron chi connectivity index (χ3n) is 3.64. The van der Waals surface area contributed by atoms with E-state index in [0.717, 1.165) is 18.7 Å². The number of rotatable bonds is 5. The number of hydrogen-bond donors (Lipinski definition) is 3. The molecule has 4 heteroatoms. The number of carbonyl (C=O) groups is 1. The molecule has 0 fully saturated rings. The fraction of sp³-hybridized carbons (Fsp3) is 0.533. The van der Waals surface area contributed by atoms with Gasteiger partial charge in [-0.3, -0.25) is 4.79 Å². The number of hydrogen-bond acceptors (Lipinski definition) is 3. The maximum Gasteiger partial charge on any atom is 0.251 e. The Balaban J connectivity index is 2.07. The Morgan fingerprint density at radius 2 is 2.26 bits per heavy atom. The first-order valence-corrected chi connectivity index (χ1v) is 6.90. The van der Waals surface area contributed by atoms with Crippen LogP contribution in [0.2, 0.25) is 0 Å². The molecule has 0 saturated carbocycles. The number of anilines is 1. The number of fused-ring (bicyclic) bond motifs is 1. The Bertz CT molecular complexity index is 457. The lowest BCUT2D eigenvalue weighted by Crippen LogP contribution is -2.39. The van der Waals surface area contributed by atoms with Gasteiger partial charge in [0.15, 0.2) is 0 Å². The summed E-state index contributed by atoms with van der Waals surface area (Å²) in [6.07, 6.45) is 1.57. The largest absolute Gasteiger partial charge is 0.396 e. The third kappa shape index (κ3) is 3.26. The Morgan fingerprint density at radius 1 is 1.47 bits per heavy atom. The monoisotopic (exact) mass is 262 g/mol. The van der Waals surface area contributed by atoms with E-state index in [1.807, 2.05) is 32.0 Å². The van der Waals surface area contributed by atoms with Crippen LogP contribution in [0.3, 0.4) is 0 Å². The van der Waals surface area contributed by atoms with Gasteiger partial charge in [-0.15, -0.1) is 0 Å². The Morgan fingerprint density at radius 3 is 2.95 bits per heavy atom. The molecule has 3 N–H and O–H groups in total. The van der Waals surface area contributed by atoms with Crippen LogP contribution < -0.4 is 10.6 Å². The first-order valence-electron chi connectivity index (χ1n) is 6.90. The van der Waals surface area contributed by atoms with Crippen molar-refractivity contribution in [3.8, 4) is 0 Å². The molecule has 0 spiro atoms. The first kappa shape index (κ1) is 13.9. The number of nitrogens with one attached hydrogen (secondary N) is 2. The molecular formula is C15H22N2O2. The number of aliphatic hydroxyl groups is 1. The van der Waals surface area contributed by atoms with Crippen molar-refractivity contribution < 1.29 is 9.90 Å². The van der Waals surface area contributed by atoms with Crippen LogP contribution >= 0.6 is 0 Å². The summed E-state index contributed by atoms with van der Waals surface area (Å²) in [6.45, 7) is 5.14. The minimum absolute atomic E-state index is 0.0175. The van der Waals surface area contributed by atoms with Gasteiger partial charge in [-0.1, -0.05) is 13.8 Å². The molecule has 0 saturated heterocycles. The topological polar surface area (TPSA) is 61.4 Å². The van der Waals surface area contributed by atoms with Gasteiger partial charge in [-0.2, -0.15) is 0 Å². The van der Waals surface area contributed by atoms with E-state index in [4.69, 9.17) is 5.11 Å². The van der Waals surface area contributed by atoms with Crippen molar-refractivity contribution in [1.82, 2.24) is 5.32 Å². The average molecular weight is 262 g/mol. The maximum atomic E-state index is 12.2. The maximum absolute atomic E-state index is 12.2. The van der Waals surface area contributed by atoms with Crippen LogP contribution in [0.25, 0.3) is 0 Å². The first-order chi connectivity index (χ1) is 9.11. The van der Waals surface area contributed by atoms with Gasteiger partial charge in [0.25, 0.3) is 5.91 Å². The molecule has 1 unspecified atom stereocenters. The molecule has 1 aromatic rings. The van der Waals surface area contributed by atoms with Crippen molar-refractivity contribution >= 4 is 11.6 Å². The summed E-state index contributed by atoms with van der Waals surface area (Å²) < 4.78 is 0. The zero-order valence-corrected chi connectivity index (χ0v) is 11.6. The Hall–Kier alpha value is -1.55. The summed E-state index contributed by atoms with van der Waals surface area (Å²) in [4.78, 5) is 12.2. The van der Waals surface area contributed by atoms with E-state index in [0.29, 0.717) is 17.9 Å². The second kappa shape index (κ2) is 6.06. The van der Waals surface area contributed by atoms with Crippen molar-refractivity contribution in [2.75, 3.05) is 18.5 Å². The highest BCUT2D eigenvalue weighted by atomic mass is 16.3. The number of aliphatic hydroxyl groups excluding tert-OH is 1. The van der Waals surface area contributed by atoms with Crippen LogP contribution in [-0.2, 0) is 6.42 Å². The lowest BCUT2D eigenvalue weighted by Gasteiger charge is -2.21. The molecule has 1 aliphatic heterocycles. The molecule has 2 rings (SSSR count). The quantitative estimate of drug-likeness (QED) is 0.758. The molecule has 1 amide bonds. The van der Waals surface area contributed by atoms with Crippen LogP contribution in [-0.4, -0.2) is 30.2 Å². The van der Waals surface area contributed by atoms with Gasteiger partial charge in [0, 0.05) is 30.4 Å². The number of amides is 1. The van der Waals surface area contributed by atoms with Crippen molar-refractivity contribution in [3.63, 3.8) is 0 Å². The number of benzene rings is 1. The molecule has 1 aliphatic rings. The molecule has 19 heavy (non-hydrogen) atoms. The minimum Gasteiger partial charge on any atom is -0.396 e. The molecule has 4 nitrogen and oxygen atoms in total. The molecule has 1 atom stereocenters. The van der Waals surface area contributed by atoms with Crippen molar-refractivity contribution in [2.24, 2.45) is 5.92 Å². The van der Waals surface area contributed by atoms with Gasteiger partial charge < -0.3 is 15.7 Å². The van der Waals surface area contributed by atoms with Gasteiger partial charge in [-0.25, -0.2) is 0 Å². The Labute approximate surface area is 114 Å². The fourth-order valence-electron chi connectivity index (χ4n) is 2.41. The zero-order chi connectivity index (χ0) is 13.8. The van der Waals surface area contributed by atoms with Crippen LogP contribution in [0.1, 0.15) is 36.2 Å². The highest BCUT2D eigenvalue weighted by Crippen LogP contribution is 2.23. The van der Waals surface area contributed by atoms with E-state index in [1.54, 1.807) is 0 Å². The zero-order valence-electron chi connectivity index (χ0n) is 11.6. The molecule has 0 radical (unpaired) electrons. The van der Waals surface area contributed by atoms with E-state index < -0.39 is 0 Å². The summed E-state index contributed by atoms with van der Waals surface area (Å²) in [6, 6.07) is 5.79. The fourth-order valence-corrected chi connectivity index (χ4v) is 2.41. The standard InChI is InChI=1S/C15H22N2O2/c1-10(2)13(6-8-18)17-15(19)12-3-4-14-11(9-12)5-7-16-14/h3-4,9-10,13,16,18H,5-8H2,1-2H3,(H,17,19). The minimum atomic E-state index is -0.0538. The molecule has 0 aromatic heterocycles. The highest BCUT2D eigenvalue weighted by Gasteiger charge is 2.18. The predicted molar refractivity (Wildman–Crippen MR) is 76.4 cm³/mol. The smallest absolute Gasteiger partial charge is 0.251 e. The van der Waals surface area contributed by atoms with Crippen molar-refractivity contribution in [1.29, 1.82) is 0 Å². The summed E-state index contributed by atoms with van der Waals surface area (Å²) in [5, 5.41) is 15.3. The van der Waals surface area contributed by atoms with E-state index >= 15 is 0 Å². The molecule has 1 heterocycles. The third-order valence-corrected chi connectivity index (χ3v) is 3.64.